The molecule has 1 unspecified atom stereocenters. The molecular weight excluding hydrogens is 970 g/mol. The summed E-state index contributed by atoms with van der Waals surface area (Å²) in [5.74, 6) is -6.51. The lowest BCUT2D eigenvalue weighted by atomic mass is 9.82. The molecule has 1 aromatic heterocycles. The van der Waals surface area contributed by atoms with Crippen molar-refractivity contribution in [1.82, 2.24) is 15.2 Å². The van der Waals surface area contributed by atoms with Crippen LogP contribution in [0.1, 0.15) is 126 Å². The van der Waals surface area contributed by atoms with Crippen LogP contribution in [0.25, 0.3) is 10.9 Å². The lowest BCUT2D eigenvalue weighted by Crippen LogP contribution is -2.64. The molecule has 15 atom stereocenters. The van der Waals surface area contributed by atoms with Gasteiger partial charge in [-0.05, 0) is 114 Å². The zero-order valence-corrected chi connectivity index (χ0v) is 46.6. The first-order valence-electron chi connectivity index (χ1n) is 27.0. The maximum absolute atomic E-state index is 14.3. The first-order valence-corrected chi connectivity index (χ1v) is 27.4. The molecule has 0 radical (unpaired) electrons. The number of aromatic amines is 1. The number of hydrogen-bond donors (Lipinski definition) is 5. The summed E-state index contributed by atoms with van der Waals surface area (Å²) in [6.07, 6.45) is 6.55. The van der Waals surface area contributed by atoms with Crippen LogP contribution in [0.15, 0.2) is 53.8 Å². The van der Waals surface area contributed by atoms with Crippen molar-refractivity contribution in [2.24, 2.45) is 29.6 Å². The minimum absolute atomic E-state index is 0.0425. The Bertz CT molecular complexity index is 2200. The largest absolute Gasteiger partial charge is 0.490 e. The molecule has 4 aliphatic rings. The number of benzene rings is 1. The summed E-state index contributed by atoms with van der Waals surface area (Å²) < 4.78 is 35.6. The van der Waals surface area contributed by atoms with Gasteiger partial charge in [-0.2, -0.15) is 0 Å². The van der Waals surface area contributed by atoms with E-state index in [4.69, 9.17) is 40.0 Å². The number of piperidine rings is 1. The van der Waals surface area contributed by atoms with Crippen LogP contribution in [0.4, 0.5) is 0 Å². The maximum atomic E-state index is 14.3. The van der Waals surface area contributed by atoms with Gasteiger partial charge in [0.15, 0.2) is 0 Å². The molecule has 16 nitrogen and oxygen atoms in total. The van der Waals surface area contributed by atoms with Crippen molar-refractivity contribution < 1.29 is 62.9 Å². The minimum atomic E-state index is -2.49. The SMILES string of the molecule is CC(C)NCC(O)COc1cccc2[nH]ccc12.CC[C@@H]1/C=C(\C)C[C@H](C)C[C@H](OC)[C@H]2O[C@@](O)(C(=O)C(=O)N3CCCC[C@H]3C(=O)O[C@H](/C(C)=C/[C@@H]3CC[C@@H](Cl)[C@H](OC)C3)[C@H](C)[C@@H](O)CC1=O)[C@H](C)C[C@@H]2OC. The number of aliphatic hydroxyl groups is 3. The van der Waals surface area contributed by atoms with Crippen molar-refractivity contribution in [3.05, 3.63) is 53.8 Å². The van der Waals surface area contributed by atoms with E-state index in [9.17, 15) is 34.5 Å². The highest BCUT2D eigenvalue weighted by atomic mass is 35.5. The van der Waals surface area contributed by atoms with Crippen LogP contribution in [0.2, 0.25) is 0 Å². The number of H-pyrrole nitrogens is 1. The van der Waals surface area contributed by atoms with Crippen molar-refractivity contribution >= 4 is 45.9 Å². The predicted octanol–water partition coefficient (Wildman–Crippen LogP) is 7.63. The number of nitrogens with one attached hydrogen (secondary N) is 2. The molecule has 0 spiro atoms. The zero-order valence-electron chi connectivity index (χ0n) is 45.9. The number of Topliss-reactive ketones (excluding diaryl/α,β-unsaturated/α-hetero) is 2. The average molecular weight is 1060 g/mol. The number of halogens is 1. The minimum Gasteiger partial charge on any atom is -0.490 e. The average Bonchev–Trinajstić information content (AvgIpc) is 3.88. The van der Waals surface area contributed by atoms with Gasteiger partial charge in [0.25, 0.3) is 11.7 Å². The number of methoxy groups -OCH3 is 3. The van der Waals surface area contributed by atoms with Crippen molar-refractivity contribution in [3.8, 4) is 5.75 Å². The number of fused-ring (bicyclic) bond motifs is 4. The number of esters is 1. The van der Waals surface area contributed by atoms with E-state index in [1.54, 1.807) is 21.0 Å². The summed E-state index contributed by atoms with van der Waals surface area (Å²) in [5.41, 5.74) is 2.75. The molecule has 3 fully saturated rings. The Labute approximate surface area is 444 Å². The molecule has 2 aromatic rings. The number of aromatic nitrogens is 1. The quantitative estimate of drug-likeness (QED) is 0.0599. The Kier molecular flexibility index (Phi) is 23.6. The highest BCUT2D eigenvalue weighted by Gasteiger charge is 2.56. The van der Waals surface area contributed by atoms with Gasteiger partial charge in [-0.1, -0.05) is 65.3 Å². The molecule has 4 heterocycles. The molecule has 17 heteroatoms. The van der Waals surface area contributed by atoms with Gasteiger partial charge >= 0.3 is 5.97 Å². The standard InChI is InChI=1S/C43H68ClNO11.C14H20N2O2/c1-10-30-18-24(2)17-25(3)19-36(53-8)39-37(54-9)21-27(5)43(51,56-39)40(48)41(49)45-16-12-11-13-32(45)42(50)55-38(28(6)33(46)23-34(30)47)26(4)20-29-14-15-31(44)35(22-29)52-7;1-10(2)16-8-11(17)9-18-14-5-3-4-13-12(14)6-7-15-13/h18,20,25,27-33,35-39,46,51H,10-17,19,21-23H2,1-9H3;3-7,10-11,15-17H,8-9H2,1-2H3/b24-18+,26-20+;/t25-,27+,28+,29-,30+,31+,32-,33-,35+,36-,37-,38+,39+,43+;/m0./s1. The summed E-state index contributed by atoms with van der Waals surface area (Å²) in [5, 5.41) is 37.6. The lowest BCUT2D eigenvalue weighted by Gasteiger charge is -2.47. The smallest absolute Gasteiger partial charge is 0.329 e. The van der Waals surface area contributed by atoms with Gasteiger partial charge in [0.05, 0.1) is 29.8 Å². The van der Waals surface area contributed by atoms with Gasteiger partial charge in [0.1, 0.15) is 42.5 Å². The normalized spacial score (nSPS) is 34.6. The number of ether oxygens (including phenoxy) is 6. The number of carbonyl (C=O) groups is 4. The number of ketones is 2. The fourth-order valence-corrected chi connectivity index (χ4v) is 11.5. The van der Waals surface area contributed by atoms with E-state index in [0.29, 0.717) is 63.3 Å². The molecule has 74 heavy (non-hydrogen) atoms. The number of amides is 1. The molecular formula is C57H88ClN3O13. The molecule has 2 saturated heterocycles. The van der Waals surface area contributed by atoms with Gasteiger partial charge in [0, 0.05) is 81.7 Å². The summed E-state index contributed by atoms with van der Waals surface area (Å²) in [4.78, 5) is 60.8. The Hall–Kier alpha value is -3.71. The van der Waals surface area contributed by atoms with E-state index in [1.807, 2.05) is 77.2 Å². The van der Waals surface area contributed by atoms with E-state index in [2.05, 4.69) is 17.2 Å². The fourth-order valence-electron chi connectivity index (χ4n) is 11.2. The van der Waals surface area contributed by atoms with Gasteiger partial charge in [-0.15, -0.1) is 11.6 Å². The third-order valence-electron chi connectivity index (χ3n) is 15.6. The highest BCUT2D eigenvalue weighted by molar-refractivity contribution is 6.39. The Morgan fingerprint density at radius 3 is 2.35 bits per heavy atom. The maximum Gasteiger partial charge on any atom is 0.329 e. The monoisotopic (exact) mass is 1060 g/mol. The molecule has 5 N–H and O–H groups in total. The van der Waals surface area contributed by atoms with E-state index < -0.39 is 83.9 Å². The first kappa shape index (κ1) is 61.1. The summed E-state index contributed by atoms with van der Waals surface area (Å²) in [7, 11) is 4.71. The van der Waals surface area contributed by atoms with Crippen LogP contribution in [0, 0.1) is 29.6 Å². The van der Waals surface area contributed by atoms with Gasteiger partial charge in [0.2, 0.25) is 5.79 Å². The predicted molar refractivity (Wildman–Crippen MR) is 285 cm³/mol. The van der Waals surface area contributed by atoms with Gasteiger partial charge in [-0.25, -0.2) is 4.79 Å². The van der Waals surface area contributed by atoms with Gasteiger partial charge in [-0.3, -0.25) is 14.4 Å². The van der Waals surface area contributed by atoms with Gasteiger partial charge < -0.3 is 58.9 Å². The molecule has 416 valence electrons. The molecule has 6 rings (SSSR count). The molecule has 1 amide bonds. The van der Waals surface area contributed by atoms with Crippen LogP contribution in [0.3, 0.4) is 0 Å². The van der Waals surface area contributed by atoms with Crippen molar-refractivity contribution in [2.45, 2.75) is 192 Å². The van der Waals surface area contributed by atoms with E-state index in [1.165, 1.54) is 19.1 Å². The Morgan fingerprint density at radius 2 is 1.68 bits per heavy atom. The number of cyclic esters (lactones) is 1. The second-order valence-electron chi connectivity index (χ2n) is 21.8. The van der Waals surface area contributed by atoms with Crippen LogP contribution >= 0.6 is 11.6 Å². The summed E-state index contributed by atoms with van der Waals surface area (Å²) in [6, 6.07) is 7.08. The molecule has 2 bridgehead atoms. The lowest BCUT2D eigenvalue weighted by molar-refractivity contribution is -0.302. The Balaban J connectivity index is 0.000000470. The topological polar surface area (TPSA) is 215 Å². The van der Waals surface area contributed by atoms with Crippen LogP contribution in [-0.2, 0) is 42.9 Å². The third kappa shape index (κ3) is 15.9. The Morgan fingerprint density at radius 1 is 0.973 bits per heavy atom. The molecule has 1 aliphatic carbocycles. The number of hydrogen-bond acceptors (Lipinski definition) is 14. The number of carbonyl (C=O) groups excluding carboxylic acids is 4. The summed E-state index contributed by atoms with van der Waals surface area (Å²) >= 11 is 6.52. The number of aliphatic hydroxyl groups excluding tert-OH is 2. The number of nitrogens with zero attached hydrogens (tertiary/aromatic N) is 1. The van der Waals surface area contributed by atoms with Crippen molar-refractivity contribution in [2.75, 3.05) is 41.0 Å². The third-order valence-corrected chi connectivity index (χ3v) is 16.1. The second-order valence-corrected chi connectivity index (χ2v) is 22.4. The van der Waals surface area contributed by atoms with Crippen molar-refractivity contribution in [3.63, 3.8) is 0 Å². The second kappa shape index (κ2) is 28.6. The van der Waals surface area contributed by atoms with Crippen molar-refractivity contribution in [1.29, 1.82) is 0 Å². The van der Waals surface area contributed by atoms with E-state index in [0.717, 1.165) is 35.1 Å². The molecule has 1 aromatic carbocycles. The van der Waals surface area contributed by atoms with E-state index >= 15 is 0 Å². The number of rotatable bonds is 12. The first-order chi connectivity index (χ1) is 35.1. The van der Waals surface area contributed by atoms with Crippen LogP contribution < -0.4 is 10.1 Å². The molecule has 3 aliphatic heterocycles. The number of allylic oxidation sites excluding steroid dienone is 3. The van der Waals surface area contributed by atoms with E-state index in [-0.39, 0.29) is 54.9 Å². The fraction of sp³-hybridized carbons (Fsp3) is 0.719. The summed E-state index contributed by atoms with van der Waals surface area (Å²) in [6.45, 7) is 16.3. The van der Waals surface area contributed by atoms with Crippen LogP contribution in [-0.4, -0.2) is 156 Å². The number of alkyl halides is 1. The molecule has 1 saturated carbocycles. The zero-order chi connectivity index (χ0) is 54.4. The highest BCUT2D eigenvalue weighted by Crippen LogP contribution is 2.40. The van der Waals surface area contributed by atoms with Crippen LogP contribution in [0.5, 0.6) is 5.75 Å².